The smallest absolute Gasteiger partial charge is 0.303 e. The summed E-state index contributed by atoms with van der Waals surface area (Å²) in [5, 5.41) is 9.61. The molecule has 0 aliphatic carbocycles. The highest BCUT2D eigenvalue weighted by molar-refractivity contribution is 6.30. The van der Waals surface area contributed by atoms with Crippen molar-refractivity contribution in [1.82, 2.24) is 4.90 Å². The van der Waals surface area contributed by atoms with Crippen molar-refractivity contribution >= 4 is 48.1 Å². The van der Waals surface area contributed by atoms with Crippen LogP contribution in [0.2, 0.25) is 5.02 Å². The number of piperazine rings is 1. The van der Waals surface area contributed by atoms with E-state index >= 15 is 0 Å². The zero-order chi connectivity index (χ0) is 22.2. The van der Waals surface area contributed by atoms with Crippen molar-refractivity contribution in [3.63, 3.8) is 0 Å². The first-order valence-electron chi connectivity index (χ1n) is 10.3. The predicted molar refractivity (Wildman–Crippen MR) is 135 cm³/mol. The molecule has 0 spiro atoms. The molecule has 0 radical (unpaired) electrons. The van der Waals surface area contributed by atoms with Crippen molar-refractivity contribution in [3.05, 3.63) is 47.0 Å². The molecule has 10 heteroatoms. The van der Waals surface area contributed by atoms with Gasteiger partial charge in [-0.25, -0.2) is 0 Å². The summed E-state index contributed by atoms with van der Waals surface area (Å²) in [5.41, 5.74) is 2.17. The molecule has 7 nitrogen and oxygen atoms in total. The lowest BCUT2D eigenvalue weighted by Gasteiger charge is -2.36. The Bertz CT molecular complexity index is 875. The predicted octanol–water partition coefficient (Wildman–Crippen LogP) is 4.77. The van der Waals surface area contributed by atoms with E-state index in [0.29, 0.717) is 36.8 Å². The molecule has 0 atom stereocenters. The van der Waals surface area contributed by atoms with Crippen molar-refractivity contribution in [2.75, 3.05) is 51.9 Å². The maximum atomic E-state index is 10.8. The van der Waals surface area contributed by atoms with Crippen LogP contribution < -0.4 is 19.1 Å². The topological polar surface area (TPSA) is 71.5 Å². The number of carbonyl (C=O) groups is 1. The Kier molecular flexibility index (Phi) is 12.5. The van der Waals surface area contributed by atoms with Gasteiger partial charge < -0.3 is 24.2 Å². The summed E-state index contributed by atoms with van der Waals surface area (Å²) in [6.45, 7) is 4.68. The Labute approximate surface area is 212 Å². The van der Waals surface area contributed by atoms with Gasteiger partial charge in [0, 0.05) is 55.4 Å². The van der Waals surface area contributed by atoms with E-state index in [1.807, 2.05) is 24.3 Å². The minimum Gasteiger partial charge on any atom is -0.493 e. The Morgan fingerprint density at radius 1 is 0.970 bits per heavy atom. The number of carboxylic acids is 1. The van der Waals surface area contributed by atoms with E-state index in [4.69, 9.17) is 30.9 Å². The van der Waals surface area contributed by atoms with Crippen LogP contribution in [0.3, 0.4) is 0 Å². The van der Waals surface area contributed by atoms with Gasteiger partial charge in [0.25, 0.3) is 0 Å². The first-order chi connectivity index (χ1) is 15.0. The van der Waals surface area contributed by atoms with E-state index in [2.05, 4.69) is 21.9 Å². The summed E-state index contributed by atoms with van der Waals surface area (Å²) < 4.78 is 16.9. The SMILES string of the molecule is COc1ccc(CN2CCN(c3ccc(Cl)cc3)CC2)c(OCCCC(=O)O)c1OC.Cl.Cl. The number of nitrogens with zero attached hydrogens (tertiary/aromatic N) is 2. The number of hydrogen-bond acceptors (Lipinski definition) is 6. The van der Waals surface area contributed by atoms with E-state index in [1.165, 1.54) is 5.69 Å². The van der Waals surface area contributed by atoms with Crippen LogP contribution in [0.15, 0.2) is 36.4 Å². The molecule has 2 aromatic carbocycles. The van der Waals surface area contributed by atoms with E-state index < -0.39 is 5.97 Å². The number of halogens is 3. The lowest BCUT2D eigenvalue weighted by Crippen LogP contribution is -2.46. The average molecular weight is 522 g/mol. The monoisotopic (exact) mass is 520 g/mol. The fourth-order valence-electron chi connectivity index (χ4n) is 3.68. The van der Waals surface area contributed by atoms with Crippen LogP contribution in [0.1, 0.15) is 18.4 Å². The minimum absolute atomic E-state index is 0. The number of hydrogen-bond donors (Lipinski definition) is 1. The minimum atomic E-state index is -0.833. The van der Waals surface area contributed by atoms with E-state index in [1.54, 1.807) is 14.2 Å². The third kappa shape index (κ3) is 8.03. The van der Waals surface area contributed by atoms with E-state index in [9.17, 15) is 4.79 Å². The van der Waals surface area contributed by atoms with Crippen molar-refractivity contribution in [2.24, 2.45) is 0 Å². The molecule has 3 rings (SSSR count). The van der Waals surface area contributed by atoms with Crippen LogP contribution in [0.4, 0.5) is 5.69 Å². The standard InChI is InChI=1S/C23H29ClN2O5.2ClH/c1-29-20-10-5-17(22(23(20)30-2)31-15-3-4-21(27)28)16-25-11-13-26(14-12-25)19-8-6-18(24)7-9-19;;/h5-10H,3-4,11-16H2,1-2H3,(H,27,28);2*1H. The van der Waals surface area contributed by atoms with Crippen molar-refractivity contribution < 1.29 is 24.1 Å². The van der Waals surface area contributed by atoms with Gasteiger partial charge in [0.1, 0.15) is 0 Å². The Balaban J connectivity index is 0.00000272. The van der Waals surface area contributed by atoms with Gasteiger partial charge in [-0.05, 0) is 36.8 Å². The molecule has 0 aromatic heterocycles. The summed E-state index contributed by atoms with van der Waals surface area (Å²) in [5.74, 6) is 0.912. The maximum Gasteiger partial charge on any atom is 0.303 e. The Morgan fingerprint density at radius 3 is 2.21 bits per heavy atom. The molecule has 1 aliphatic rings. The average Bonchev–Trinajstić information content (AvgIpc) is 2.78. The fraction of sp³-hybridized carbons (Fsp3) is 0.435. The van der Waals surface area contributed by atoms with Crippen LogP contribution in [-0.2, 0) is 11.3 Å². The normalized spacial score (nSPS) is 13.5. The number of carboxylic acid groups (broad SMARTS) is 1. The number of aliphatic carboxylic acids is 1. The number of ether oxygens (including phenoxy) is 3. The molecular weight excluding hydrogens is 491 g/mol. The second-order valence-corrected chi connectivity index (χ2v) is 7.81. The largest absolute Gasteiger partial charge is 0.493 e. The second kappa shape index (κ2) is 14.3. The van der Waals surface area contributed by atoms with Crippen LogP contribution in [-0.4, -0.2) is 63.0 Å². The zero-order valence-electron chi connectivity index (χ0n) is 18.8. The van der Waals surface area contributed by atoms with Gasteiger partial charge in [0.15, 0.2) is 11.5 Å². The second-order valence-electron chi connectivity index (χ2n) is 7.37. The van der Waals surface area contributed by atoms with Gasteiger partial charge in [-0.2, -0.15) is 0 Å². The highest BCUT2D eigenvalue weighted by atomic mass is 35.5. The van der Waals surface area contributed by atoms with Crippen molar-refractivity contribution in [2.45, 2.75) is 19.4 Å². The van der Waals surface area contributed by atoms with Crippen LogP contribution in [0, 0.1) is 0 Å². The molecule has 0 bridgehead atoms. The molecule has 184 valence electrons. The molecule has 0 saturated carbocycles. The summed E-state index contributed by atoms with van der Waals surface area (Å²) >= 11 is 6.00. The van der Waals surface area contributed by atoms with Crippen LogP contribution in [0.25, 0.3) is 0 Å². The molecule has 1 heterocycles. The number of anilines is 1. The van der Waals surface area contributed by atoms with Gasteiger partial charge in [-0.1, -0.05) is 17.7 Å². The highest BCUT2D eigenvalue weighted by Crippen LogP contribution is 2.40. The Morgan fingerprint density at radius 2 is 1.64 bits per heavy atom. The van der Waals surface area contributed by atoms with Gasteiger partial charge in [0.05, 0.1) is 20.8 Å². The number of rotatable bonds is 10. The molecule has 1 aliphatic heterocycles. The lowest BCUT2D eigenvalue weighted by atomic mass is 10.1. The molecule has 1 saturated heterocycles. The Hall–Kier alpha value is -2.06. The molecule has 2 aromatic rings. The van der Waals surface area contributed by atoms with Gasteiger partial charge in [0.2, 0.25) is 5.75 Å². The first kappa shape index (κ1) is 29.0. The maximum absolute atomic E-state index is 10.8. The third-order valence-electron chi connectivity index (χ3n) is 5.32. The molecule has 0 unspecified atom stereocenters. The third-order valence-corrected chi connectivity index (χ3v) is 5.57. The zero-order valence-corrected chi connectivity index (χ0v) is 21.2. The molecule has 0 amide bonds. The number of methoxy groups -OCH3 is 2. The summed E-state index contributed by atoms with van der Waals surface area (Å²) in [6, 6.07) is 11.8. The fourth-order valence-corrected chi connectivity index (χ4v) is 3.80. The van der Waals surface area contributed by atoms with Gasteiger partial charge in [-0.3, -0.25) is 9.69 Å². The van der Waals surface area contributed by atoms with Crippen LogP contribution >= 0.6 is 36.4 Å². The summed E-state index contributed by atoms with van der Waals surface area (Å²) in [7, 11) is 3.17. The van der Waals surface area contributed by atoms with E-state index in [-0.39, 0.29) is 31.2 Å². The molecular formula is C23H31Cl3N2O5. The summed E-state index contributed by atoms with van der Waals surface area (Å²) in [4.78, 5) is 15.5. The molecule has 1 N–H and O–H groups in total. The summed E-state index contributed by atoms with van der Waals surface area (Å²) in [6.07, 6.45) is 0.489. The van der Waals surface area contributed by atoms with Gasteiger partial charge in [-0.15, -0.1) is 24.8 Å². The lowest BCUT2D eigenvalue weighted by molar-refractivity contribution is -0.137. The van der Waals surface area contributed by atoms with E-state index in [0.717, 1.165) is 36.8 Å². The van der Waals surface area contributed by atoms with Crippen molar-refractivity contribution in [1.29, 1.82) is 0 Å². The van der Waals surface area contributed by atoms with Gasteiger partial charge >= 0.3 is 5.97 Å². The van der Waals surface area contributed by atoms with Crippen molar-refractivity contribution in [3.8, 4) is 17.2 Å². The first-order valence-corrected chi connectivity index (χ1v) is 10.7. The number of benzene rings is 2. The van der Waals surface area contributed by atoms with Crippen LogP contribution in [0.5, 0.6) is 17.2 Å². The highest BCUT2D eigenvalue weighted by Gasteiger charge is 2.22. The quantitative estimate of drug-likeness (QED) is 0.452. The molecule has 33 heavy (non-hydrogen) atoms. The molecule has 1 fully saturated rings.